The molecule has 0 spiro atoms. The first-order chi connectivity index (χ1) is 7.15. The van der Waals surface area contributed by atoms with Crippen molar-refractivity contribution in [2.75, 3.05) is 5.73 Å². The molecule has 0 atom stereocenters. The summed E-state index contributed by atoms with van der Waals surface area (Å²) < 4.78 is 1.76. The highest BCUT2D eigenvalue weighted by Gasteiger charge is 2.16. The van der Waals surface area contributed by atoms with E-state index in [0.29, 0.717) is 0 Å². The topological polar surface area (TPSA) is 43.8 Å². The van der Waals surface area contributed by atoms with E-state index in [1.54, 1.807) is 16.0 Å². The second-order valence-electron chi connectivity index (χ2n) is 3.62. The SMILES string of the molecule is CCc1c(-c2sccc2C)nn(C)c1N. The lowest BCUT2D eigenvalue weighted by molar-refractivity contribution is 0.782. The van der Waals surface area contributed by atoms with Gasteiger partial charge < -0.3 is 5.73 Å². The molecule has 0 amide bonds. The van der Waals surface area contributed by atoms with E-state index in [4.69, 9.17) is 5.73 Å². The van der Waals surface area contributed by atoms with E-state index < -0.39 is 0 Å². The van der Waals surface area contributed by atoms with Gasteiger partial charge in [-0.15, -0.1) is 11.3 Å². The smallest absolute Gasteiger partial charge is 0.125 e. The maximum atomic E-state index is 5.98. The molecule has 0 aliphatic rings. The van der Waals surface area contributed by atoms with Crippen molar-refractivity contribution in [1.82, 2.24) is 9.78 Å². The Morgan fingerprint density at radius 2 is 2.27 bits per heavy atom. The fourth-order valence-electron chi connectivity index (χ4n) is 1.73. The molecule has 0 aliphatic heterocycles. The maximum Gasteiger partial charge on any atom is 0.125 e. The normalized spacial score (nSPS) is 10.9. The molecule has 2 rings (SSSR count). The zero-order valence-electron chi connectivity index (χ0n) is 9.24. The van der Waals surface area contributed by atoms with E-state index in [9.17, 15) is 0 Å². The predicted octanol–water partition coefficient (Wildman–Crippen LogP) is 2.60. The number of anilines is 1. The van der Waals surface area contributed by atoms with E-state index in [0.717, 1.165) is 23.5 Å². The van der Waals surface area contributed by atoms with Gasteiger partial charge in [0.25, 0.3) is 0 Å². The van der Waals surface area contributed by atoms with E-state index in [1.807, 2.05) is 7.05 Å². The van der Waals surface area contributed by atoms with Crippen molar-refractivity contribution in [3.63, 3.8) is 0 Å². The average Bonchev–Trinajstić information content (AvgIpc) is 2.73. The van der Waals surface area contributed by atoms with Crippen molar-refractivity contribution in [2.45, 2.75) is 20.3 Å². The summed E-state index contributed by atoms with van der Waals surface area (Å²) in [4.78, 5) is 1.24. The summed E-state index contributed by atoms with van der Waals surface area (Å²) in [5, 5.41) is 6.58. The van der Waals surface area contributed by atoms with Crippen molar-refractivity contribution in [1.29, 1.82) is 0 Å². The number of aromatic nitrogens is 2. The summed E-state index contributed by atoms with van der Waals surface area (Å²) in [6, 6.07) is 2.12. The molecule has 0 saturated heterocycles. The Balaban J connectivity index is 2.63. The molecule has 3 nitrogen and oxygen atoms in total. The number of nitrogens with two attached hydrogens (primary N) is 1. The highest BCUT2D eigenvalue weighted by molar-refractivity contribution is 7.13. The van der Waals surface area contributed by atoms with Crippen LogP contribution in [0.15, 0.2) is 11.4 Å². The summed E-state index contributed by atoms with van der Waals surface area (Å²) in [7, 11) is 1.89. The van der Waals surface area contributed by atoms with Gasteiger partial charge in [-0.1, -0.05) is 6.92 Å². The molecule has 15 heavy (non-hydrogen) atoms. The molecular formula is C11H15N3S. The van der Waals surface area contributed by atoms with E-state index in [-0.39, 0.29) is 0 Å². The Labute approximate surface area is 93.5 Å². The molecule has 0 fully saturated rings. The molecule has 0 unspecified atom stereocenters. The fourth-order valence-corrected chi connectivity index (χ4v) is 2.67. The largest absolute Gasteiger partial charge is 0.384 e. The van der Waals surface area contributed by atoms with Crippen LogP contribution in [0.4, 0.5) is 5.82 Å². The molecule has 2 heterocycles. The minimum absolute atomic E-state index is 0.778. The molecule has 0 aromatic carbocycles. The molecule has 0 radical (unpaired) electrons. The number of aryl methyl sites for hydroxylation is 2. The number of hydrogen-bond acceptors (Lipinski definition) is 3. The average molecular weight is 221 g/mol. The lowest BCUT2D eigenvalue weighted by atomic mass is 10.1. The number of nitrogens with zero attached hydrogens (tertiary/aromatic N) is 2. The summed E-state index contributed by atoms with van der Waals surface area (Å²) in [6.07, 6.45) is 0.923. The Morgan fingerprint density at radius 3 is 2.80 bits per heavy atom. The zero-order chi connectivity index (χ0) is 11.0. The van der Waals surface area contributed by atoms with Crippen LogP contribution in [0.1, 0.15) is 18.1 Å². The summed E-state index contributed by atoms with van der Waals surface area (Å²) in [6.45, 7) is 4.22. The van der Waals surface area contributed by atoms with Crippen LogP contribution >= 0.6 is 11.3 Å². The third kappa shape index (κ3) is 1.55. The van der Waals surface area contributed by atoms with Crippen LogP contribution in [0.2, 0.25) is 0 Å². The molecule has 2 N–H and O–H groups in total. The first kappa shape index (κ1) is 10.2. The number of rotatable bonds is 2. The monoisotopic (exact) mass is 221 g/mol. The van der Waals surface area contributed by atoms with Gasteiger partial charge in [0.15, 0.2) is 0 Å². The summed E-state index contributed by atoms with van der Waals surface area (Å²) in [5.74, 6) is 0.778. The fraction of sp³-hybridized carbons (Fsp3) is 0.364. The molecule has 4 heteroatoms. The van der Waals surface area contributed by atoms with Crippen molar-refractivity contribution in [3.8, 4) is 10.6 Å². The van der Waals surface area contributed by atoms with Gasteiger partial charge in [-0.2, -0.15) is 5.10 Å². The minimum atomic E-state index is 0.778. The first-order valence-electron chi connectivity index (χ1n) is 5.01. The van der Waals surface area contributed by atoms with Crippen LogP contribution < -0.4 is 5.73 Å². The third-order valence-corrected chi connectivity index (χ3v) is 3.65. The zero-order valence-corrected chi connectivity index (χ0v) is 10.1. The highest BCUT2D eigenvalue weighted by atomic mass is 32.1. The first-order valence-corrected chi connectivity index (χ1v) is 5.89. The van der Waals surface area contributed by atoms with Gasteiger partial charge in [0.1, 0.15) is 11.5 Å². The Morgan fingerprint density at radius 1 is 1.53 bits per heavy atom. The van der Waals surface area contributed by atoms with Crippen LogP contribution in [0.3, 0.4) is 0 Å². The molecule has 80 valence electrons. The Kier molecular flexibility index (Phi) is 2.52. The molecule has 0 bridgehead atoms. The second kappa shape index (κ2) is 3.70. The second-order valence-corrected chi connectivity index (χ2v) is 4.54. The highest BCUT2D eigenvalue weighted by Crippen LogP contribution is 2.33. The molecule has 0 aliphatic carbocycles. The third-order valence-electron chi connectivity index (χ3n) is 2.62. The van der Waals surface area contributed by atoms with Gasteiger partial charge in [-0.05, 0) is 30.4 Å². The van der Waals surface area contributed by atoms with Crippen LogP contribution in [0.25, 0.3) is 10.6 Å². The Bertz CT molecular complexity index is 482. The Hall–Kier alpha value is -1.29. The van der Waals surface area contributed by atoms with E-state index in [1.165, 1.54) is 10.4 Å². The van der Waals surface area contributed by atoms with Gasteiger partial charge in [-0.3, -0.25) is 4.68 Å². The quantitative estimate of drug-likeness (QED) is 0.847. The van der Waals surface area contributed by atoms with Gasteiger partial charge in [0.2, 0.25) is 0 Å². The molecular weight excluding hydrogens is 206 g/mol. The number of thiophene rings is 1. The summed E-state index contributed by atoms with van der Waals surface area (Å²) in [5.41, 5.74) is 9.45. The van der Waals surface area contributed by atoms with Crippen LogP contribution in [0.5, 0.6) is 0 Å². The lowest BCUT2D eigenvalue weighted by Gasteiger charge is -1.98. The van der Waals surface area contributed by atoms with Gasteiger partial charge >= 0.3 is 0 Å². The maximum absolute atomic E-state index is 5.98. The molecule has 0 saturated carbocycles. The van der Waals surface area contributed by atoms with Gasteiger partial charge in [0, 0.05) is 12.6 Å². The number of nitrogen functional groups attached to an aromatic ring is 1. The van der Waals surface area contributed by atoms with Crippen LogP contribution in [-0.2, 0) is 13.5 Å². The van der Waals surface area contributed by atoms with Crippen molar-refractivity contribution in [2.24, 2.45) is 7.05 Å². The van der Waals surface area contributed by atoms with Crippen molar-refractivity contribution < 1.29 is 0 Å². The molecule has 2 aromatic rings. The summed E-state index contributed by atoms with van der Waals surface area (Å²) >= 11 is 1.72. The lowest BCUT2D eigenvalue weighted by Crippen LogP contribution is -1.98. The van der Waals surface area contributed by atoms with E-state index in [2.05, 4.69) is 30.4 Å². The number of hydrogen-bond donors (Lipinski definition) is 1. The minimum Gasteiger partial charge on any atom is -0.384 e. The van der Waals surface area contributed by atoms with Crippen LogP contribution in [-0.4, -0.2) is 9.78 Å². The van der Waals surface area contributed by atoms with Crippen LogP contribution in [0, 0.1) is 6.92 Å². The molecule has 2 aromatic heterocycles. The standard InChI is InChI=1S/C11H15N3S/c1-4-8-9(13-14(3)11(8)12)10-7(2)5-6-15-10/h5-6H,4,12H2,1-3H3. The van der Waals surface area contributed by atoms with Gasteiger partial charge in [-0.25, -0.2) is 0 Å². The van der Waals surface area contributed by atoms with E-state index >= 15 is 0 Å². The van der Waals surface area contributed by atoms with Crippen molar-refractivity contribution in [3.05, 3.63) is 22.6 Å². The van der Waals surface area contributed by atoms with Gasteiger partial charge in [0.05, 0.1) is 4.88 Å². The predicted molar refractivity (Wildman–Crippen MR) is 65.0 cm³/mol. The van der Waals surface area contributed by atoms with Crippen molar-refractivity contribution >= 4 is 17.2 Å².